The summed E-state index contributed by atoms with van der Waals surface area (Å²) in [5.41, 5.74) is 2.61. The topological polar surface area (TPSA) is 22.2 Å². The second-order valence-corrected chi connectivity index (χ2v) is 5.29. The van der Waals surface area contributed by atoms with Crippen LogP contribution in [0.5, 0.6) is 0 Å². The molecule has 84 valence electrons. The molecule has 0 aliphatic heterocycles. The highest BCUT2D eigenvalue weighted by Gasteiger charge is 2.27. The fraction of sp³-hybridized carbons (Fsp3) is 0.615. The standard InChI is InChI=1S/C13H17N3/c1-2-4-11(3-1)15-7-8-16-13(15)9-12(14-16)10-5-6-10/h7-11H,1-6H2. The van der Waals surface area contributed by atoms with Crippen LogP contribution in [0.1, 0.15) is 56.2 Å². The summed E-state index contributed by atoms with van der Waals surface area (Å²) in [6, 6.07) is 3.02. The monoisotopic (exact) mass is 215 g/mol. The van der Waals surface area contributed by atoms with Crippen molar-refractivity contribution >= 4 is 5.65 Å². The first kappa shape index (κ1) is 8.85. The Hall–Kier alpha value is -1.25. The van der Waals surface area contributed by atoms with Crippen molar-refractivity contribution in [2.24, 2.45) is 0 Å². The van der Waals surface area contributed by atoms with Crippen molar-refractivity contribution in [1.29, 1.82) is 0 Å². The Morgan fingerprint density at radius 2 is 1.88 bits per heavy atom. The molecule has 2 aliphatic rings. The van der Waals surface area contributed by atoms with Crippen molar-refractivity contribution in [1.82, 2.24) is 14.2 Å². The third kappa shape index (κ3) is 1.24. The molecule has 4 rings (SSSR count). The van der Waals surface area contributed by atoms with Crippen LogP contribution in [-0.2, 0) is 0 Å². The van der Waals surface area contributed by atoms with Crippen molar-refractivity contribution in [3.63, 3.8) is 0 Å². The van der Waals surface area contributed by atoms with Gasteiger partial charge in [-0.25, -0.2) is 4.52 Å². The number of fused-ring (bicyclic) bond motifs is 1. The molecule has 0 radical (unpaired) electrons. The Labute approximate surface area is 95.1 Å². The van der Waals surface area contributed by atoms with E-state index in [2.05, 4.69) is 32.6 Å². The van der Waals surface area contributed by atoms with E-state index in [0.29, 0.717) is 0 Å². The molecule has 3 heteroatoms. The van der Waals surface area contributed by atoms with Gasteiger partial charge in [-0.2, -0.15) is 5.10 Å². The minimum absolute atomic E-state index is 0.723. The van der Waals surface area contributed by atoms with Crippen LogP contribution in [0, 0.1) is 0 Å². The molecule has 0 unspecified atom stereocenters. The molecule has 0 N–H and O–H groups in total. The lowest BCUT2D eigenvalue weighted by molar-refractivity contribution is 0.533. The van der Waals surface area contributed by atoms with Crippen molar-refractivity contribution in [3.05, 3.63) is 24.2 Å². The summed E-state index contributed by atoms with van der Waals surface area (Å²) in [5.74, 6) is 0.761. The Kier molecular flexibility index (Phi) is 1.73. The summed E-state index contributed by atoms with van der Waals surface area (Å²) in [6.07, 6.45) is 12.4. The third-order valence-corrected chi connectivity index (χ3v) is 4.08. The number of hydrogen-bond donors (Lipinski definition) is 0. The Bertz CT molecular complexity index is 512. The predicted octanol–water partition coefficient (Wildman–Crippen LogP) is 3.13. The molecule has 2 aromatic rings. The summed E-state index contributed by atoms with van der Waals surface area (Å²) >= 11 is 0. The van der Waals surface area contributed by atoms with E-state index in [1.54, 1.807) is 0 Å². The quantitative estimate of drug-likeness (QED) is 0.754. The molecule has 0 spiro atoms. The van der Waals surface area contributed by atoms with Crippen LogP contribution in [0.3, 0.4) is 0 Å². The van der Waals surface area contributed by atoms with Crippen LogP contribution in [-0.4, -0.2) is 14.2 Å². The van der Waals surface area contributed by atoms with Gasteiger partial charge in [-0.1, -0.05) is 12.8 Å². The molecule has 2 saturated carbocycles. The van der Waals surface area contributed by atoms with Crippen molar-refractivity contribution < 1.29 is 0 Å². The second-order valence-electron chi connectivity index (χ2n) is 5.29. The molecule has 0 atom stereocenters. The molecule has 16 heavy (non-hydrogen) atoms. The molecule has 2 aliphatic carbocycles. The van der Waals surface area contributed by atoms with E-state index in [1.165, 1.54) is 49.9 Å². The predicted molar refractivity (Wildman–Crippen MR) is 62.7 cm³/mol. The van der Waals surface area contributed by atoms with Gasteiger partial charge in [0.25, 0.3) is 0 Å². The van der Waals surface area contributed by atoms with E-state index in [0.717, 1.165) is 12.0 Å². The van der Waals surface area contributed by atoms with E-state index in [9.17, 15) is 0 Å². The van der Waals surface area contributed by atoms with Crippen molar-refractivity contribution in [2.45, 2.75) is 50.5 Å². The van der Waals surface area contributed by atoms with Gasteiger partial charge in [-0.15, -0.1) is 0 Å². The number of aromatic nitrogens is 3. The highest BCUT2D eigenvalue weighted by Crippen LogP contribution is 2.40. The zero-order chi connectivity index (χ0) is 10.5. The van der Waals surface area contributed by atoms with Gasteiger partial charge < -0.3 is 4.57 Å². The number of nitrogens with zero attached hydrogens (tertiary/aromatic N) is 3. The Morgan fingerprint density at radius 1 is 1.06 bits per heavy atom. The maximum absolute atomic E-state index is 4.66. The van der Waals surface area contributed by atoms with Crippen LogP contribution in [0.15, 0.2) is 18.5 Å². The minimum Gasteiger partial charge on any atom is -0.328 e. The van der Waals surface area contributed by atoms with Gasteiger partial charge in [-0.05, 0) is 25.7 Å². The smallest absolute Gasteiger partial charge is 0.136 e. The van der Waals surface area contributed by atoms with Crippen LogP contribution in [0.25, 0.3) is 5.65 Å². The SMILES string of the molecule is c1c(C2CC2)nn2ccn(C3CCCC3)c12. The fourth-order valence-corrected chi connectivity index (χ4v) is 2.99. The zero-order valence-corrected chi connectivity index (χ0v) is 9.47. The van der Waals surface area contributed by atoms with E-state index >= 15 is 0 Å². The van der Waals surface area contributed by atoms with Gasteiger partial charge in [0.05, 0.1) is 5.69 Å². The van der Waals surface area contributed by atoms with E-state index in [4.69, 9.17) is 0 Å². The first-order chi connectivity index (χ1) is 7.92. The second kappa shape index (κ2) is 3.12. The molecule has 0 aromatic carbocycles. The lowest BCUT2D eigenvalue weighted by Gasteiger charge is -2.10. The maximum atomic E-state index is 4.66. The first-order valence-corrected chi connectivity index (χ1v) is 6.48. The van der Waals surface area contributed by atoms with Gasteiger partial charge in [0.2, 0.25) is 0 Å². The third-order valence-electron chi connectivity index (χ3n) is 4.08. The van der Waals surface area contributed by atoms with E-state index < -0.39 is 0 Å². The van der Waals surface area contributed by atoms with Gasteiger partial charge >= 0.3 is 0 Å². The van der Waals surface area contributed by atoms with Crippen LogP contribution in [0.4, 0.5) is 0 Å². The lowest BCUT2D eigenvalue weighted by Crippen LogP contribution is -2.02. The summed E-state index contributed by atoms with van der Waals surface area (Å²) < 4.78 is 4.50. The van der Waals surface area contributed by atoms with Crippen molar-refractivity contribution in [2.75, 3.05) is 0 Å². The molecule has 0 amide bonds. The fourth-order valence-electron chi connectivity index (χ4n) is 2.99. The van der Waals surface area contributed by atoms with Crippen LogP contribution >= 0.6 is 0 Å². The van der Waals surface area contributed by atoms with E-state index in [-0.39, 0.29) is 0 Å². The highest BCUT2D eigenvalue weighted by atomic mass is 15.3. The average molecular weight is 215 g/mol. The van der Waals surface area contributed by atoms with E-state index in [1.807, 2.05) is 0 Å². The van der Waals surface area contributed by atoms with Crippen LogP contribution in [0.2, 0.25) is 0 Å². The van der Waals surface area contributed by atoms with Crippen molar-refractivity contribution in [3.8, 4) is 0 Å². The molecule has 2 heterocycles. The normalized spacial score (nSPS) is 22.2. The summed E-state index contributed by atoms with van der Waals surface area (Å²) in [6.45, 7) is 0. The Balaban J connectivity index is 1.79. The van der Waals surface area contributed by atoms with Gasteiger partial charge in [0, 0.05) is 30.4 Å². The summed E-state index contributed by atoms with van der Waals surface area (Å²) in [7, 11) is 0. The molecule has 2 aromatic heterocycles. The summed E-state index contributed by atoms with van der Waals surface area (Å²) in [5, 5.41) is 4.66. The number of imidazole rings is 1. The molecule has 0 saturated heterocycles. The minimum atomic E-state index is 0.723. The van der Waals surface area contributed by atoms with Crippen LogP contribution < -0.4 is 0 Å². The zero-order valence-electron chi connectivity index (χ0n) is 9.47. The van der Waals surface area contributed by atoms with Gasteiger partial charge in [-0.3, -0.25) is 0 Å². The molecular weight excluding hydrogens is 198 g/mol. The largest absolute Gasteiger partial charge is 0.328 e. The Morgan fingerprint density at radius 3 is 2.62 bits per heavy atom. The highest BCUT2D eigenvalue weighted by molar-refractivity contribution is 5.43. The summed E-state index contributed by atoms with van der Waals surface area (Å²) in [4.78, 5) is 0. The first-order valence-electron chi connectivity index (χ1n) is 6.48. The molecule has 0 bridgehead atoms. The average Bonchev–Trinajstić information content (AvgIpc) is 2.76. The van der Waals surface area contributed by atoms with Gasteiger partial charge in [0.1, 0.15) is 5.65 Å². The number of rotatable bonds is 2. The molecule has 2 fully saturated rings. The van der Waals surface area contributed by atoms with Gasteiger partial charge in [0.15, 0.2) is 0 Å². The number of hydrogen-bond acceptors (Lipinski definition) is 1. The lowest BCUT2D eigenvalue weighted by atomic mass is 10.2. The maximum Gasteiger partial charge on any atom is 0.136 e. The molecular formula is C13H17N3. The molecule has 3 nitrogen and oxygen atoms in total.